The number of amides is 1. The highest BCUT2D eigenvalue weighted by Gasteiger charge is 2.16. The molecule has 0 spiro atoms. The van der Waals surface area contributed by atoms with Gasteiger partial charge in [0.25, 0.3) is 0 Å². The molecule has 2 heterocycles. The van der Waals surface area contributed by atoms with E-state index in [0.29, 0.717) is 12.8 Å². The predicted molar refractivity (Wildman–Crippen MR) is 145 cm³/mol. The van der Waals surface area contributed by atoms with Crippen LogP contribution in [0.5, 0.6) is 5.75 Å². The van der Waals surface area contributed by atoms with E-state index in [9.17, 15) is 4.79 Å². The first-order valence-electron chi connectivity index (χ1n) is 12.1. The minimum absolute atomic E-state index is 0.0418. The van der Waals surface area contributed by atoms with Crippen molar-refractivity contribution < 1.29 is 9.53 Å². The molecule has 0 fully saturated rings. The van der Waals surface area contributed by atoms with E-state index in [4.69, 9.17) is 9.72 Å². The van der Waals surface area contributed by atoms with Crippen molar-refractivity contribution in [2.45, 2.75) is 26.7 Å². The highest BCUT2D eigenvalue weighted by Crippen LogP contribution is 2.29. The van der Waals surface area contributed by atoms with Crippen LogP contribution in [0, 0.1) is 13.8 Å². The molecular weight excluding hydrogens is 446 g/mol. The molecule has 0 aliphatic rings. The van der Waals surface area contributed by atoms with E-state index in [-0.39, 0.29) is 5.91 Å². The summed E-state index contributed by atoms with van der Waals surface area (Å²) in [7, 11) is 1.62. The van der Waals surface area contributed by atoms with Crippen molar-refractivity contribution in [2.75, 3.05) is 12.4 Å². The summed E-state index contributed by atoms with van der Waals surface area (Å²) in [5.41, 5.74) is 9.29. The van der Waals surface area contributed by atoms with Crippen LogP contribution < -0.4 is 10.1 Å². The summed E-state index contributed by atoms with van der Waals surface area (Å²) in [5, 5.41) is 2.99. The molecule has 0 aliphatic heterocycles. The van der Waals surface area contributed by atoms with Crippen molar-refractivity contribution in [3.8, 4) is 28.1 Å². The van der Waals surface area contributed by atoms with Crippen LogP contribution in [0.1, 0.15) is 23.2 Å². The number of rotatable bonds is 7. The second-order valence-electron chi connectivity index (χ2n) is 9.07. The van der Waals surface area contributed by atoms with Crippen molar-refractivity contribution >= 4 is 17.2 Å². The zero-order chi connectivity index (χ0) is 25.1. The molecule has 0 radical (unpaired) electrons. The molecule has 36 heavy (non-hydrogen) atoms. The molecule has 0 aliphatic carbocycles. The van der Waals surface area contributed by atoms with Crippen LogP contribution in [0.25, 0.3) is 28.0 Å². The van der Waals surface area contributed by atoms with E-state index in [1.165, 1.54) is 11.1 Å². The summed E-state index contributed by atoms with van der Waals surface area (Å²) < 4.78 is 7.33. The number of ether oxygens (including phenoxy) is 1. The fraction of sp³-hybridized carbons (Fsp3) is 0.161. The molecule has 2 aromatic heterocycles. The lowest BCUT2D eigenvalue weighted by molar-refractivity contribution is -0.116. The Labute approximate surface area is 211 Å². The Bertz CT molecular complexity index is 1520. The molecule has 5 heteroatoms. The molecule has 1 N–H and O–H groups in total. The van der Waals surface area contributed by atoms with Gasteiger partial charge in [0, 0.05) is 23.9 Å². The number of anilines is 1. The lowest BCUT2D eigenvalue weighted by atomic mass is 10.0. The first-order chi connectivity index (χ1) is 17.5. The Morgan fingerprint density at radius 1 is 0.861 bits per heavy atom. The van der Waals surface area contributed by atoms with E-state index in [1.54, 1.807) is 7.11 Å². The Morgan fingerprint density at radius 3 is 2.33 bits per heavy atom. The van der Waals surface area contributed by atoms with E-state index < -0.39 is 0 Å². The van der Waals surface area contributed by atoms with E-state index >= 15 is 0 Å². The molecule has 5 rings (SSSR count). The summed E-state index contributed by atoms with van der Waals surface area (Å²) in [6, 6.07) is 28.4. The number of nitrogens with zero attached hydrogens (tertiary/aromatic N) is 2. The molecule has 1 amide bonds. The van der Waals surface area contributed by atoms with Crippen LogP contribution >= 0.6 is 0 Å². The Kier molecular flexibility index (Phi) is 6.54. The topological polar surface area (TPSA) is 55.6 Å². The molecule has 3 aromatic carbocycles. The van der Waals surface area contributed by atoms with E-state index in [1.807, 2.05) is 24.3 Å². The highest BCUT2D eigenvalue weighted by molar-refractivity contribution is 5.91. The van der Waals surface area contributed by atoms with Crippen LogP contribution in [-0.4, -0.2) is 22.4 Å². The number of aromatic nitrogens is 2. The van der Waals surface area contributed by atoms with E-state index in [0.717, 1.165) is 45.2 Å². The van der Waals surface area contributed by atoms with E-state index in [2.05, 4.69) is 90.4 Å². The Hall–Kier alpha value is -4.38. The van der Waals surface area contributed by atoms with Crippen molar-refractivity contribution in [3.63, 3.8) is 0 Å². The predicted octanol–water partition coefficient (Wildman–Crippen LogP) is 6.87. The zero-order valence-electron chi connectivity index (χ0n) is 20.8. The number of fused-ring (bicyclic) bond motifs is 1. The third-order valence-electron chi connectivity index (χ3n) is 6.36. The maximum absolute atomic E-state index is 12.8. The van der Waals surface area contributed by atoms with Gasteiger partial charge in [0.15, 0.2) is 0 Å². The van der Waals surface area contributed by atoms with Crippen molar-refractivity contribution in [3.05, 3.63) is 108 Å². The Morgan fingerprint density at radius 2 is 1.61 bits per heavy atom. The van der Waals surface area contributed by atoms with Gasteiger partial charge in [-0.05, 0) is 67.8 Å². The molecule has 0 bridgehead atoms. The monoisotopic (exact) mass is 475 g/mol. The normalized spacial score (nSPS) is 11.0. The number of hydrogen-bond acceptors (Lipinski definition) is 3. The summed E-state index contributed by atoms with van der Waals surface area (Å²) in [5.74, 6) is 0.714. The first kappa shape index (κ1) is 23.4. The fourth-order valence-corrected chi connectivity index (χ4v) is 4.40. The van der Waals surface area contributed by atoms with Crippen LogP contribution in [0.2, 0.25) is 0 Å². The molecule has 0 saturated carbocycles. The first-order valence-corrected chi connectivity index (χ1v) is 12.1. The second kappa shape index (κ2) is 10.1. The number of pyridine rings is 1. The molecular formula is C31H29N3O2. The lowest BCUT2D eigenvalue weighted by Crippen LogP contribution is -2.13. The average Bonchev–Trinajstić information content (AvgIpc) is 3.26. The minimum Gasteiger partial charge on any atom is -0.497 e. The number of benzene rings is 3. The summed E-state index contributed by atoms with van der Waals surface area (Å²) >= 11 is 0. The average molecular weight is 476 g/mol. The number of hydrogen-bond donors (Lipinski definition) is 1. The van der Waals surface area contributed by atoms with Crippen LogP contribution in [0.15, 0.2) is 91.1 Å². The Balaban J connectivity index is 1.48. The summed E-state index contributed by atoms with van der Waals surface area (Å²) in [6.07, 6.45) is 3.03. The molecule has 180 valence electrons. The van der Waals surface area contributed by atoms with Gasteiger partial charge in [-0.3, -0.25) is 4.79 Å². The maximum atomic E-state index is 12.8. The highest BCUT2D eigenvalue weighted by atomic mass is 16.5. The van der Waals surface area contributed by atoms with Gasteiger partial charge < -0.3 is 14.5 Å². The second-order valence-corrected chi connectivity index (χ2v) is 9.07. The van der Waals surface area contributed by atoms with Crippen LogP contribution in [0.3, 0.4) is 0 Å². The van der Waals surface area contributed by atoms with Gasteiger partial charge >= 0.3 is 0 Å². The van der Waals surface area contributed by atoms with Crippen LogP contribution in [-0.2, 0) is 11.2 Å². The molecule has 5 aromatic rings. The number of carbonyl (C=O) groups is 1. The van der Waals surface area contributed by atoms with Gasteiger partial charge in [-0.25, -0.2) is 4.98 Å². The summed E-state index contributed by atoms with van der Waals surface area (Å²) in [6.45, 7) is 4.17. The standard InChI is InChI=1S/C31H29N3O2/c1-21-7-9-23(10-8-21)31-28(16-18-30(35)32-26-12-14-27(36-3)15-13-26)34-20-25(11-17-29(34)33-31)24-6-4-5-22(2)19-24/h4-15,17,19-20H,16,18H2,1-3H3,(H,32,35). The zero-order valence-corrected chi connectivity index (χ0v) is 20.8. The number of aryl methyl sites for hydroxylation is 3. The van der Waals surface area contributed by atoms with Crippen molar-refractivity contribution in [1.82, 2.24) is 9.38 Å². The number of nitrogens with one attached hydrogen (secondary N) is 1. The third-order valence-corrected chi connectivity index (χ3v) is 6.36. The maximum Gasteiger partial charge on any atom is 0.224 e. The SMILES string of the molecule is COc1ccc(NC(=O)CCc2c(-c3ccc(C)cc3)nc3ccc(-c4cccc(C)c4)cn23)cc1. The fourth-order valence-electron chi connectivity index (χ4n) is 4.40. The number of methoxy groups -OCH3 is 1. The van der Waals surface area contributed by atoms with Gasteiger partial charge in [-0.1, -0.05) is 59.7 Å². The lowest BCUT2D eigenvalue weighted by Gasteiger charge is -2.09. The van der Waals surface area contributed by atoms with Crippen LogP contribution in [0.4, 0.5) is 5.69 Å². The van der Waals surface area contributed by atoms with Gasteiger partial charge in [0.2, 0.25) is 5.91 Å². The van der Waals surface area contributed by atoms with Gasteiger partial charge in [0.1, 0.15) is 11.4 Å². The smallest absolute Gasteiger partial charge is 0.224 e. The number of carbonyl (C=O) groups excluding carboxylic acids is 1. The van der Waals surface area contributed by atoms with Crippen molar-refractivity contribution in [2.24, 2.45) is 0 Å². The van der Waals surface area contributed by atoms with Gasteiger partial charge in [-0.2, -0.15) is 0 Å². The molecule has 0 atom stereocenters. The molecule has 5 nitrogen and oxygen atoms in total. The quantitative estimate of drug-likeness (QED) is 0.280. The minimum atomic E-state index is -0.0418. The summed E-state index contributed by atoms with van der Waals surface area (Å²) in [4.78, 5) is 17.8. The van der Waals surface area contributed by atoms with Crippen molar-refractivity contribution in [1.29, 1.82) is 0 Å². The molecule has 0 unspecified atom stereocenters. The largest absolute Gasteiger partial charge is 0.497 e. The van der Waals surface area contributed by atoms with Gasteiger partial charge in [-0.15, -0.1) is 0 Å². The third kappa shape index (κ3) is 5.01. The molecule has 0 saturated heterocycles. The van der Waals surface area contributed by atoms with Gasteiger partial charge in [0.05, 0.1) is 18.5 Å². The number of imidazole rings is 1.